The fourth-order valence-corrected chi connectivity index (χ4v) is 5.14. The van der Waals surface area contributed by atoms with Gasteiger partial charge in [-0.05, 0) is 54.8 Å². The van der Waals surface area contributed by atoms with E-state index in [0.29, 0.717) is 12.2 Å². The number of anilines is 1. The molecule has 0 saturated carbocycles. The highest BCUT2D eigenvalue weighted by Gasteiger charge is 2.32. The molecule has 7 nitrogen and oxygen atoms in total. The van der Waals surface area contributed by atoms with E-state index in [1.54, 1.807) is 18.2 Å². The number of hydrogen-bond donors (Lipinski definition) is 1. The van der Waals surface area contributed by atoms with Crippen molar-refractivity contribution in [1.82, 2.24) is 10.2 Å². The Labute approximate surface area is 227 Å². The summed E-state index contributed by atoms with van der Waals surface area (Å²) in [4.78, 5) is 28.7. The number of carbonyl (C=O) groups is 2. The van der Waals surface area contributed by atoms with E-state index in [9.17, 15) is 18.0 Å². The van der Waals surface area contributed by atoms with Gasteiger partial charge in [0.2, 0.25) is 21.8 Å². The van der Waals surface area contributed by atoms with Crippen molar-refractivity contribution in [3.63, 3.8) is 0 Å². The number of halogens is 1. The van der Waals surface area contributed by atoms with Gasteiger partial charge >= 0.3 is 0 Å². The molecule has 0 bridgehead atoms. The molecular formula is C28H32BrN3O4S. The topological polar surface area (TPSA) is 86.8 Å². The average Bonchev–Trinajstić information content (AvgIpc) is 2.85. The van der Waals surface area contributed by atoms with Gasteiger partial charge in [-0.25, -0.2) is 8.42 Å². The Balaban J connectivity index is 2.03. The van der Waals surface area contributed by atoms with Gasteiger partial charge in [0.15, 0.2) is 0 Å². The van der Waals surface area contributed by atoms with Gasteiger partial charge in [-0.1, -0.05) is 70.5 Å². The van der Waals surface area contributed by atoms with Crippen molar-refractivity contribution < 1.29 is 18.0 Å². The maximum absolute atomic E-state index is 13.9. The monoisotopic (exact) mass is 585 g/mol. The summed E-state index contributed by atoms with van der Waals surface area (Å²) in [6.07, 6.45) is 1.37. The third kappa shape index (κ3) is 8.16. The van der Waals surface area contributed by atoms with E-state index >= 15 is 0 Å². The molecular weight excluding hydrogens is 554 g/mol. The van der Waals surface area contributed by atoms with Crippen LogP contribution in [0.5, 0.6) is 0 Å². The van der Waals surface area contributed by atoms with Gasteiger partial charge in [0.1, 0.15) is 12.6 Å². The van der Waals surface area contributed by atoms with Gasteiger partial charge in [0, 0.05) is 24.0 Å². The van der Waals surface area contributed by atoms with Gasteiger partial charge in [-0.3, -0.25) is 13.9 Å². The lowest BCUT2D eigenvalue weighted by Crippen LogP contribution is -2.53. The smallest absolute Gasteiger partial charge is 0.244 e. The first kappa shape index (κ1) is 28.4. The number of hydrogen-bond acceptors (Lipinski definition) is 4. The molecule has 9 heteroatoms. The number of nitrogens with zero attached hydrogens (tertiary/aromatic N) is 2. The predicted molar refractivity (Wildman–Crippen MR) is 151 cm³/mol. The van der Waals surface area contributed by atoms with E-state index in [1.165, 1.54) is 4.90 Å². The van der Waals surface area contributed by atoms with Gasteiger partial charge in [0.05, 0.1) is 11.9 Å². The Kier molecular flexibility index (Phi) is 9.88. The van der Waals surface area contributed by atoms with Crippen LogP contribution in [0.15, 0.2) is 83.3 Å². The van der Waals surface area contributed by atoms with Gasteiger partial charge < -0.3 is 10.2 Å². The van der Waals surface area contributed by atoms with Crippen molar-refractivity contribution in [3.8, 4) is 0 Å². The highest BCUT2D eigenvalue weighted by Crippen LogP contribution is 2.22. The van der Waals surface area contributed by atoms with Crippen LogP contribution in [0.2, 0.25) is 0 Å². The van der Waals surface area contributed by atoms with E-state index in [4.69, 9.17) is 0 Å². The molecule has 3 aromatic carbocycles. The minimum absolute atomic E-state index is 0.145. The fraction of sp³-hybridized carbons (Fsp3) is 0.286. The molecule has 0 spiro atoms. The Bertz CT molecular complexity index is 1310. The Morgan fingerprint density at radius 1 is 0.946 bits per heavy atom. The summed E-state index contributed by atoms with van der Waals surface area (Å²) in [6, 6.07) is 23.1. The number of sulfonamides is 1. The number of amides is 2. The maximum Gasteiger partial charge on any atom is 0.244 e. The molecule has 0 aromatic heterocycles. The van der Waals surface area contributed by atoms with Gasteiger partial charge in [-0.15, -0.1) is 0 Å². The molecule has 3 rings (SSSR count). The van der Waals surface area contributed by atoms with E-state index in [0.717, 1.165) is 31.7 Å². The summed E-state index contributed by atoms with van der Waals surface area (Å²) in [7, 11) is -3.78. The van der Waals surface area contributed by atoms with Crippen molar-refractivity contribution in [3.05, 3.63) is 100 Å². The van der Waals surface area contributed by atoms with E-state index in [2.05, 4.69) is 21.2 Å². The largest absolute Gasteiger partial charge is 0.355 e. The molecule has 0 radical (unpaired) electrons. The second-order valence-electron chi connectivity index (χ2n) is 8.86. The van der Waals surface area contributed by atoms with E-state index in [-0.39, 0.29) is 18.9 Å². The zero-order valence-electron chi connectivity index (χ0n) is 21.2. The molecule has 1 atom stereocenters. The minimum Gasteiger partial charge on any atom is -0.355 e. The molecule has 196 valence electrons. The molecule has 0 aliphatic carbocycles. The molecule has 1 N–H and O–H groups in total. The van der Waals surface area contributed by atoms with Crippen LogP contribution in [-0.4, -0.2) is 50.5 Å². The van der Waals surface area contributed by atoms with Crippen molar-refractivity contribution in [1.29, 1.82) is 0 Å². The van der Waals surface area contributed by atoms with E-state index < -0.39 is 28.5 Å². The van der Waals surface area contributed by atoms with Crippen LogP contribution in [-0.2, 0) is 32.6 Å². The highest BCUT2D eigenvalue weighted by molar-refractivity contribution is 9.10. The summed E-state index contributed by atoms with van der Waals surface area (Å²) in [5.41, 5.74) is 2.98. The van der Waals surface area contributed by atoms with Crippen LogP contribution in [0.4, 0.5) is 5.69 Å². The Morgan fingerprint density at radius 2 is 1.62 bits per heavy atom. The zero-order valence-corrected chi connectivity index (χ0v) is 23.6. The number of benzene rings is 3. The Morgan fingerprint density at radius 3 is 2.22 bits per heavy atom. The van der Waals surface area contributed by atoms with Crippen molar-refractivity contribution in [2.24, 2.45) is 0 Å². The molecule has 37 heavy (non-hydrogen) atoms. The first-order valence-corrected chi connectivity index (χ1v) is 14.6. The molecule has 0 heterocycles. The first-order valence-electron chi connectivity index (χ1n) is 12.0. The molecule has 0 aliphatic heterocycles. The quantitative estimate of drug-likeness (QED) is 0.363. The maximum atomic E-state index is 13.9. The van der Waals surface area contributed by atoms with Gasteiger partial charge in [-0.2, -0.15) is 0 Å². The SMILES string of the molecule is CCNC(=O)[C@@H](Cc1ccccc1)N(Cc1ccc(Br)cc1)C(=O)CN(c1cccc(C)c1)S(C)(=O)=O. The number of likely N-dealkylation sites (N-methyl/N-ethyl adjacent to an activating group) is 1. The fourth-order valence-electron chi connectivity index (χ4n) is 4.03. The molecule has 0 unspecified atom stereocenters. The standard InChI is InChI=1S/C28H32BrN3O4S/c1-4-30-28(34)26(18-22-10-6-5-7-11-22)31(19-23-13-15-24(29)16-14-23)27(33)20-32(37(3,35)36)25-12-8-9-21(2)17-25/h5-17,26H,4,18-20H2,1-3H3,(H,30,34)/t26-/m1/s1. The first-order chi connectivity index (χ1) is 17.6. The number of aryl methyl sites for hydroxylation is 1. The molecule has 0 saturated heterocycles. The van der Waals surface area contributed by atoms with Crippen LogP contribution in [0.25, 0.3) is 0 Å². The molecule has 3 aromatic rings. The lowest BCUT2D eigenvalue weighted by Gasteiger charge is -2.33. The Hall–Kier alpha value is -3.17. The lowest BCUT2D eigenvalue weighted by molar-refractivity contribution is -0.140. The van der Waals surface area contributed by atoms with Crippen LogP contribution in [0.3, 0.4) is 0 Å². The molecule has 0 aliphatic rings. The van der Waals surface area contributed by atoms with Crippen LogP contribution in [0.1, 0.15) is 23.6 Å². The summed E-state index contributed by atoms with van der Waals surface area (Å²) >= 11 is 3.43. The highest BCUT2D eigenvalue weighted by atomic mass is 79.9. The zero-order chi connectivity index (χ0) is 27.0. The molecule has 2 amide bonds. The van der Waals surface area contributed by atoms with Crippen LogP contribution in [0, 0.1) is 6.92 Å². The number of carbonyl (C=O) groups excluding carboxylic acids is 2. The van der Waals surface area contributed by atoms with Crippen LogP contribution < -0.4 is 9.62 Å². The molecule has 0 fully saturated rings. The average molecular weight is 587 g/mol. The number of rotatable bonds is 11. The van der Waals surface area contributed by atoms with Crippen molar-refractivity contribution in [2.75, 3.05) is 23.7 Å². The lowest BCUT2D eigenvalue weighted by atomic mass is 10.0. The second-order valence-corrected chi connectivity index (χ2v) is 11.7. The predicted octanol–water partition coefficient (Wildman–Crippen LogP) is 4.30. The van der Waals surface area contributed by atoms with Gasteiger partial charge in [0.25, 0.3) is 0 Å². The summed E-state index contributed by atoms with van der Waals surface area (Å²) in [5, 5.41) is 2.85. The second kappa shape index (κ2) is 12.9. The summed E-state index contributed by atoms with van der Waals surface area (Å²) in [6.45, 7) is 3.80. The minimum atomic E-state index is -3.78. The third-order valence-electron chi connectivity index (χ3n) is 5.86. The van der Waals surface area contributed by atoms with Crippen molar-refractivity contribution >= 4 is 43.5 Å². The summed E-state index contributed by atoms with van der Waals surface area (Å²) < 4.78 is 27.5. The normalized spacial score (nSPS) is 12.0. The van der Waals surface area contributed by atoms with E-state index in [1.807, 2.05) is 74.5 Å². The number of nitrogens with one attached hydrogen (secondary N) is 1. The summed E-state index contributed by atoms with van der Waals surface area (Å²) in [5.74, 6) is -0.764. The third-order valence-corrected chi connectivity index (χ3v) is 7.53. The van der Waals surface area contributed by atoms with Crippen LogP contribution >= 0.6 is 15.9 Å². The van der Waals surface area contributed by atoms with Crippen molar-refractivity contribution in [2.45, 2.75) is 32.9 Å².